The van der Waals surface area contributed by atoms with Crippen LogP contribution in [0.15, 0.2) is 18.2 Å². The van der Waals surface area contributed by atoms with Crippen LogP contribution in [-0.2, 0) is 4.74 Å². The van der Waals surface area contributed by atoms with Gasteiger partial charge in [0.1, 0.15) is 11.9 Å². The van der Waals surface area contributed by atoms with Crippen LogP contribution in [0.1, 0.15) is 12.8 Å². The Morgan fingerprint density at radius 1 is 1.44 bits per heavy atom. The van der Waals surface area contributed by atoms with Gasteiger partial charge in [-0.15, -0.1) is 0 Å². The van der Waals surface area contributed by atoms with Crippen LogP contribution in [0, 0.1) is 0 Å². The Labute approximate surface area is 93.5 Å². The molecular weight excluding hydrogens is 208 g/mol. The van der Waals surface area contributed by atoms with Gasteiger partial charge in [0.2, 0.25) is 0 Å². The van der Waals surface area contributed by atoms with Crippen LogP contribution in [0.3, 0.4) is 0 Å². The van der Waals surface area contributed by atoms with Gasteiger partial charge in [0, 0.05) is 23.5 Å². The van der Waals surface area contributed by atoms with Crippen LogP contribution in [0.5, 0.6) is 5.75 Å². The highest BCUT2D eigenvalue weighted by Gasteiger charge is 2.25. The summed E-state index contributed by atoms with van der Waals surface area (Å²) in [5.74, 6) is 0.599. The summed E-state index contributed by atoms with van der Waals surface area (Å²) in [4.78, 5) is 11.4. The molecule has 0 bridgehead atoms. The van der Waals surface area contributed by atoms with E-state index in [9.17, 15) is 4.79 Å². The van der Waals surface area contributed by atoms with E-state index in [-0.39, 0.29) is 6.10 Å². The SMILES string of the molecule is COc1cc(N)cc(NC(=O)OC2CC2)c1. The summed E-state index contributed by atoms with van der Waals surface area (Å²) in [7, 11) is 1.54. The fraction of sp³-hybridized carbons (Fsp3) is 0.364. The number of hydrogen-bond acceptors (Lipinski definition) is 4. The van der Waals surface area contributed by atoms with Gasteiger partial charge in [-0.25, -0.2) is 4.79 Å². The molecule has 1 fully saturated rings. The molecule has 5 heteroatoms. The molecule has 1 aromatic carbocycles. The lowest BCUT2D eigenvalue weighted by Gasteiger charge is -2.08. The second-order valence-corrected chi connectivity index (χ2v) is 3.72. The highest BCUT2D eigenvalue weighted by Crippen LogP contribution is 2.25. The van der Waals surface area contributed by atoms with Gasteiger partial charge in [-0.2, -0.15) is 0 Å². The van der Waals surface area contributed by atoms with Crippen LogP contribution in [0.25, 0.3) is 0 Å². The lowest BCUT2D eigenvalue weighted by atomic mass is 10.2. The minimum absolute atomic E-state index is 0.0861. The molecule has 5 nitrogen and oxygen atoms in total. The van der Waals surface area contributed by atoms with Crippen LogP contribution < -0.4 is 15.8 Å². The van der Waals surface area contributed by atoms with E-state index >= 15 is 0 Å². The molecule has 0 atom stereocenters. The topological polar surface area (TPSA) is 73.6 Å². The quantitative estimate of drug-likeness (QED) is 0.767. The normalized spacial score (nSPS) is 14.3. The molecule has 0 aromatic heterocycles. The van der Waals surface area contributed by atoms with Crippen molar-refractivity contribution < 1.29 is 14.3 Å². The van der Waals surface area contributed by atoms with Gasteiger partial charge in [0.25, 0.3) is 0 Å². The summed E-state index contributed by atoms with van der Waals surface area (Å²) in [5, 5.41) is 2.61. The van der Waals surface area contributed by atoms with E-state index in [0.717, 1.165) is 12.8 Å². The van der Waals surface area contributed by atoms with Gasteiger partial charge in [-0.1, -0.05) is 0 Å². The summed E-state index contributed by atoms with van der Waals surface area (Å²) in [6.45, 7) is 0. The minimum Gasteiger partial charge on any atom is -0.497 e. The van der Waals surface area contributed by atoms with Crippen molar-refractivity contribution in [3.63, 3.8) is 0 Å². The molecule has 0 saturated heterocycles. The smallest absolute Gasteiger partial charge is 0.411 e. The first-order chi connectivity index (χ1) is 7.67. The monoisotopic (exact) mass is 222 g/mol. The van der Waals surface area contributed by atoms with Crippen molar-refractivity contribution in [3.8, 4) is 5.75 Å². The van der Waals surface area contributed by atoms with Crippen LogP contribution >= 0.6 is 0 Å². The Kier molecular flexibility index (Phi) is 2.85. The van der Waals surface area contributed by atoms with Gasteiger partial charge in [0.05, 0.1) is 7.11 Å². The molecule has 1 saturated carbocycles. The Bertz CT molecular complexity index is 402. The average molecular weight is 222 g/mol. The number of nitrogen functional groups attached to an aromatic ring is 1. The summed E-state index contributed by atoms with van der Waals surface area (Å²) >= 11 is 0. The van der Waals surface area contributed by atoms with Crippen molar-refractivity contribution in [2.75, 3.05) is 18.2 Å². The van der Waals surface area contributed by atoms with E-state index in [1.807, 2.05) is 0 Å². The molecule has 1 aliphatic rings. The lowest BCUT2D eigenvalue weighted by molar-refractivity contribution is 0.154. The molecule has 2 rings (SSSR count). The van der Waals surface area contributed by atoms with Gasteiger partial charge in [0.15, 0.2) is 0 Å². The zero-order valence-corrected chi connectivity index (χ0v) is 9.03. The number of ether oxygens (including phenoxy) is 2. The lowest BCUT2D eigenvalue weighted by Crippen LogP contribution is -2.14. The van der Waals surface area contributed by atoms with Gasteiger partial charge >= 0.3 is 6.09 Å². The van der Waals surface area contributed by atoms with Gasteiger partial charge < -0.3 is 15.2 Å². The maximum absolute atomic E-state index is 11.4. The van der Waals surface area contributed by atoms with E-state index in [0.29, 0.717) is 17.1 Å². The largest absolute Gasteiger partial charge is 0.497 e. The average Bonchev–Trinajstić information content (AvgIpc) is 3.00. The Balaban J connectivity index is 2.01. The summed E-state index contributed by atoms with van der Waals surface area (Å²) < 4.78 is 10.1. The number of carbonyl (C=O) groups excluding carboxylic acids is 1. The van der Waals surface area contributed by atoms with Gasteiger partial charge in [-0.05, 0) is 18.9 Å². The fourth-order valence-corrected chi connectivity index (χ4v) is 1.30. The molecule has 3 N–H and O–H groups in total. The zero-order valence-electron chi connectivity index (χ0n) is 9.03. The second-order valence-electron chi connectivity index (χ2n) is 3.72. The van der Waals surface area contributed by atoms with E-state index in [1.54, 1.807) is 25.3 Å². The maximum atomic E-state index is 11.4. The highest BCUT2D eigenvalue weighted by atomic mass is 16.6. The molecule has 0 radical (unpaired) electrons. The Hall–Kier alpha value is -1.91. The zero-order chi connectivity index (χ0) is 11.5. The van der Waals surface area contributed by atoms with Crippen molar-refractivity contribution in [1.29, 1.82) is 0 Å². The summed E-state index contributed by atoms with van der Waals surface area (Å²) in [6, 6.07) is 5.01. The first-order valence-corrected chi connectivity index (χ1v) is 5.09. The van der Waals surface area contributed by atoms with E-state index in [4.69, 9.17) is 15.2 Å². The number of rotatable bonds is 3. The van der Waals surface area contributed by atoms with E-state index in [1.165, 1.54) is 0 Å². The predicted molar refractivity (Wildman–Crippen MR) is 60.5 cm³/mol. The van der Waals surface area contributed by atoms with Crippen molar-refractivity contribution in [2.24, 2.45) is 0 Å². The molecule has 0 spiro atoms. The summed E-state index contributed by atoms with van der Waals surface area (Å²) in [5.41, 5.74) is 6.75. The third-order valence-corrected chi connectivity index (χ3v) is 2.21. The second kappa shape index (κ2) is 4.30. The predicted octanol–water partition coefficient (Wildman–Crippen LogP) is 1.99. The molecule has 86 valence electrons. The standard InChI is InChI=1S/C11H14N2O3/c1-15-10-5-7(12)4-8(6-10)13-11(14)16-9-2-3-9/h4-6,9H,2-3,12H2,1H3,(H,13,14). The molecule has 0 heterocycles. The molecule has 16 heavy (non-hydrogen) atoms. The Morgan fingerprint density at radius 2 is 2.19 bits per heavy atom. The van der Waals surface area contributed by atoms with Gasteiger partial charge in [-0.3, -0.25) is 5.32 Å². The van der Waals surface area contributed by atoms with Crippen molar-refractivity contribution in [2.45, 2.75) is 18.9 Å². The molecule has 0 aliphatic heterocycles. The first-order valence-electron chi connectivity index (χ1n) is 5.09. The first kappa shape index (κ1) is 10.6. The summed E-state index contributed by atoms with van der Waals surface area (Å²) in [6.07, 6.45) is 1.54. The van der Waals surface area contributed by atoms with Crippen LogP contribution in [0.4, 0.5) is 16.2 Å². The van der Waals surface area contributed by atoms with Crippen LogP contribution in [0.2, 0.25) is 0 Å². The van der Waals surface area contributed by atoms with Crippen molar-refractivity contribution >= 4 is 17.5 Å². The van der Waals surface area contributed by atoms with E-state index in [2.05, 4.69) is 5.32 Å². The van der Waals surface area contributed by atoms with Crippen molar-refractivity contribution in [1.82, 2.24) is 0 Å². The van der Waals surface area contributed by atoms with Crippen molar-refractivity contribution in [3.05, 3.63) is 18.2 Å². The number of amides is 1. The number of nitrogens with one attached hydrogen (secondary N) is 1. The van der Waals surface area contributed by atoms with Crippen LogP contribution in [-0.4, -0.2) is 19.3 Å². The molecular formula is C11H14N2O3. The molecule has 1 aromatic rings. The number of nitrogens with two attached hydrogens (primary N) is 1. The maximum Gasteiger partial charge on any atom is 0.411 e. The number of anilines is 2. The third kappa shape index (κ3) is 2.79. The number of methoxy groups -OCH3 is 1. The third-order valence-electron chi connectivity index (χ3n) is 2.21. The molecule has 1 aliphatic carbocycles. The number of hydrogen-bond donors (Lipinski definition) is 2. The molecule has 1 amide bonds. The number of carbonyl (C=O) groups is 1. The number of benzene rings is 1. The minimum atomic E-state index is -0.449. The Morgan fingerprint density at radius 3 is 2.81 bits per heavy atom. The van der Waals surface area contributed by atoms with E-state index < -0.39 is 6.09 Å². The fourth-order valence-electron chi connectivity index (χ4n) is 1.30. The molecule has 0 unspecified atom stereocenters. The highest BCUT2D eigenvalue weighted by molar-refractivity contribution is 5.86.